The van der Waals surface area contributed by atoms with Gasteiger partial charge >= 0.3 is 5.97 Å². The van der Waals surface area contributed by atoms with Gasteiger partial charge in [0.25, 0.3) is 0 Å². The minimum Gasteiger partial charge on any atom is -0.494 e. The first-order valence-electron chi connectivity index (χ1n) is 6.48. The van der Waals surface area contributed by atoms with Crippen molar-refractivity contribution in [2.45, 2.75) is 13.8 Å². The van der Waals surface area contributed by atoms with Gasteiger partial charge in [-0.1, -0.05) is 12.1 Å². The molecular weight excluding hydrogens is 258 g/mol. The average Bonchev–Trinajstić information content (AvgIpc) is 2.43. The monoisotopic (exact) mass is 277 g/mol. The molecular formula is C15H19NO4. The third-order valence-corrected chi connectivity index (χ3v) is 2.63. The minimum atomic E-state index is -1.02. The summed E-state index contributed by atoms with van der Waals surface area (Å²) in [6, 6.07) is 7.31. The number of rotatable bonds is 7. The van der Waals surface area contributed by atoms with Crippen LogP contribution in [0, 0.1) is 0 Å². The third-order valence-electron chi connectivity index (χ3n) is 2.63. The van der Waals surface area contributed by atoms with Crippen molar-refractivity contribution in [1.29, 1.82) is 0 Å². The highest BCUT2D eigenvalue weighted by atomic mass is 16.5. The van der Waals surface area contributed by atoms with E-state index >= 15 is 0 Å². The minimum absolute atomic E-state index is 0.289. The Kier molecular flexibility index (Phi) is 6.29. The van der Waals surface area contributed by atoms with Gasteiger partial charge in [0.15, 0.2) is 0 Å². The van der Waals surface area contributed by atoms with Crippen molar-refractivity contribution in [2.24, 2.45) is 0 Å². The van der Waals surface area contributed by atoms with Crippen LogP contribution in [-0.4, -0.2) is 41.6 Å². The summed E-state index contributed by atoms with van der Waals surface area (Å²) in [4.78, 5) is 23.7. The zero-order valence-electron chi connectivity index (χ0n) is 11.7. The van der Waals surface area contributed by atoms with Crippen LogP contribution in [0.4, 0.5) is 0 Å². The first kappa shape index (κ1) is 15.8. The summed E-state index contributed by atoms with van der Waals surface area (Å²) in [6.45, 7) is 4.33. The first-order chi connectivity index (χ1) is 9.56. The maximum atomic E-state index is 11.8. The van der Waals surface area contributed by atoms with E-state index in [4.69, 9.17) is 9.84 Å². The lowest BCUT2D eigenvalue weighted by molar-refractivity contribution is -0.142. The van der Waals surface area contributed by atoms with Gasteiger partial charge in [0.05, 0.1) is 6.61 Å². The lowest BCUT2D eigenvalue weighted by atomic mass is 10.2. The van der Waals surface area contributed by atoms with Crippen molar-refractivity contribution in [1.82, 2.24) is 4.90 Å². The third kappa shape index (κ3) is 5.14. The van der Waals surface area contributed by atoms with Gasteiger partial charge in [-0.05, 0) is 37.6 Å². The zero-order valence-corrected chi connectivity index (χ0v) is 11.7. The molecule has 0 bridgehead atoms. The summed E-state index contributed by atoms with van der Waals surface area (Å²) in [5.74, 6) is -0.560. The molecule has 0 unspecified atom stereocenters. The Labute approximate surface area is 118 Å². The number of benzene rings is 1. The normalized spacial score (nSPS) is 10.5. The highest BCUT2D eigenvalue weighted by Gasteiger charge is 2.11. The predicted molar refractivity (Wildman–Crippen MR) is 76.5 cm³/mol. The van der Waals surface area contributed by atoms with Crippen LogP contribution in [0.3, 0.4) is 0 Å². The number of ether oxygens (including phenoxy) is 1. The van der Waals surface area contributed by atoms with Crippen molar-refractivity contribution in [3.63, 3.8) is 0 Å². The largest absolute Gasteiger partial charge is 0.494 e. The van der Waals surface area contributed by atoms with E-state index in [2.05, 4.69) is 0 Å². The number of carbonyl (C=O) groups excluding carboxylic acids is 1. The molecule has 0 aliphatic rings. The zero-order chi connectivity index (χ0) is 15.0. The van der Waals surface area contributed by atoms with Gasteiger partial charge < -0.3 is 14.7 Å². The number of carboxylic acids is 1. The molecule has 5 nitrogen and oxygen atoms in total. The van der Waals surface area contributed by atoms with Crippen LogP contribution in [-0.2, 0) is 9.59 Å². The molecule has 0 atom stereocenters. The fourth-order valence-corrected chi connectivity index (χ4v) is 1.62. The van der Waals surface area contributed by atoms with Crippen LogP contribution in [0.5, 0.6) is 5.75 Å². The maximum Gasteiger partial charge on any atom is 0.323 e. The molecule has 0 heterocycles. The van der Waals surface area contributed by atoms with E-state index in [1.807, 2.05) is 31.2 Å². The van der Waals surface area contributed by atoms with Gasteiger partial charge in [0.1, 0.15) is 12.3 Å². The van der Waals surface area contributed by atoms with Crippen molar-refractivity contribution in [3.05, 3.63) is 35.9 Å². The topological polar surface area (TPSA) is 66.8 Å². The highest BCUT2D eigenvalue weighted by molar-refractivity contribution is 5.93. The standard InChI is InChI=1S/C15H19NO4/c1-3-16(11-15(18)19)14(17)10-7-12-5-8-13(9-6-12)20-4-2/h5-10H,3-4,11H2,1-2H3,(H,18,19)/b10-7+. The molecule has 0 fully saturated rings. The van der Waals surface area contributed by atoms with Gasteiger partial charge in [-0.15, -0.1) is 0 Å². The quantitative estimate of drug-likeness (QED) is 0.774. The molecule has 1 aromatic rings. The van der Waals surface area contributed by atoms with E-state index in [0.717, 1.165) is 11.3 Å². The molecule has 1 N–H and O–H groups in total. The van der Waals surface area contributed by atoms with Gasteiger partial charge in [0, 0.05) is 12.6 Å². The summed E-state index contributed by atoms with van der Waals surface area (Å²) >= 11 is 0. The van der Waals surface area contributed by atoms with E-state index in [-0.39, 0.29) is 12.5 Å². The highest BCUT2D eigenvalue weighted by Crippen LogP contribution is 2.13. The number of hydrogen-bond acceptors (Lipinski definition) is 3. The molecule has 0 aromatic heterocycles. The number of aliphatic carboxylic acids is 1. The second kappa shape index (κ2) is 7.99. The molecule has 0 spiro atoms. The van der Waals surface area contributed by atoms with E-state index in [0.29, 0.717) is 13.2 Å². The van der Waals surface area contributed by atoms with E-state index in [1.54, 1.807) is 13.0 Å². The van der Waals surface area contributed by atoms with E-state index in [1.165, 1.54) is 11.0 Å². The molecule has 0 radical (unpaired) electrons. The van der Waals surface area contributed by atoms with E-state index < -0.39 is 5.97 Å². The summed E-state index contributed by atoms with van der Waals surface area (Å²) in [6.07, 6.45) is 3.03. The van der Waals surface area contributed by atoms with Gasteiger partial charge in [-0.3, -0.25) is 9.59 Å². The van der Waals surface area contributed by atoms with Gasteiger partial charge in [-0.25, -0.2) is 0 Å². The number of carbonyl (C=O) groups is 2. The number of amides is 1. The van der Waals surface area contributed by atoms with Gasteiger partial charge in [-0.2, -0.15) is 0 Å². The number of hydrogen-bond donors (Lipinski definition) is 1. The van der Waals surface area contributed by atoms with Crippen molar-refractivity contribution in [3.8, 4) is 5.75 Å². The van der Waals surface area contributed by atoms with E-state index in [9.17, 15) is 9.59 Å². The van der Waals surface area contributed by atoms with Crippen molar-refractivity contribution >= 4 is 18.0 Å². The Bertz CT molecular complexity index is 479. The molecule has 1 amide bonds. The van der Waals surface area contributed by atoms with Crippen LogP contribution in [0.25, 0.3) is 6.08 Å². The molecule has 0 saturated carbocycles. The summed E-state index contributed by atoms with van der Waals surface area (Å²) in [5.41, 5.74) is 0.855. The summed E-state index contributed by atoms with van der Waals surface area (Å²) in [5, 5.41) is 8.70. The van der Waals surface area contributed by atoms with Crippen LogP contribution in [0.15, 0.2) is 30.3 Å². The molecule has 20 heavy (non-hydrogen) atoms. The Morgan fingerprint density at radius 1 is 1.25 bits per heavy atom. The second-order valence-corrected chi connectivity index (χ2v) is 4.08. The Hall–Kier alpha value is -2.30. The molecule has 5 heteroatoms. The average molecular weight is 277 g/mol. The fraction of sp³-hybridized carbons (Fsp3) is 0.333. The van der Waals surface area contributed by atoms with Crippen LogP contribution < -0.4 is 4.74 Å². The van der Waals surface area contributed by atoms with Crippen LogP contribution in [0.1, 0.15) is 19.4 Å². The lowest BCUT2D eigenvalue weighted by Crippen LogP contribution is -2.34. The number of likely N-dealkylation sites (N-methyl/N-ethyl adjacent to an activating group) is 1. The predicted octanol–water partition coefficient (Wildman–Crippen LogP) is 2.03. The van der Waals surface area contributed by atoms with Gasteiger partial charge in [0.2, 0.25) is 5.91 Å². The number of nitrogens with zero attached hydrogens (tertiary/aromatic N) is 1. The molecule has 0 aliphatic carbocycles. The lowest BCUT2D eigenvalue weighted by Gasteiger charge is -2.15. The smallest absolute Gasteiger partial charge is 0.323 e. The first-order valence-corrected chi connectivity index (χ1v) is 6.48. The SMILES string of the molecule is CCOc1ccc(/C=C/C(=O)N(CC)CC(=O)O)cc1. The van der Waals surface area contributed by atoms with Crippen molar-refractivity contribution in [2.75, 3.05) is 19.7 Å². The summed E-state index contributed by atoms with van der Waals surface area (Å²) in [7, 11) is 0. The van der Waals surface area contributed by atoms with Crippen LogP contribution in [0.2, 0.25) is 0 Å². The fourth-order valence-electron chi connectivity index (χ4n) is 1.62. The second-order valence-electron chi connectivity index (χ2n) is 4.08. The Morgan fingerprint density at radius 2 is 1.90 bits per heavy atom. The Morgan fingerprint density at radius 3 is 2.40 bits per heavy atom. The summed E-state index contributed by atoms with van der Waals surface area (Å²) < 4.78 is 5.32. The molecule has 0 aliphatic heterocycles. The maximum absolute atomic E-state index is 11.8. The molecule has 0 saturated heterocycles. The van der Waals surface area contributed by atoms with Crippen molar-refractivity contribution < 1.29 is 19.4 Å². The molecule has 108 valence electrons. The molecule has 1 rings (SSSR count). The van der Waals surface area contributed by atoms with Crippen LogP contribution >= 0.6 is 0 Å². The molecule has 1 aromatic carbocycles. The number of carboxylic acid groups (broad SMARTS) is 1. The Balaban J connectivity index is 2.65.